The van der Waals surface area contributed by atoms with Gasteiger partial charge in [-0.25, -0.2) is 0 Å². The van der Waals surface area contributed by atoms with Crippen molar-refractivity contribution in [1.29, 1.82) is 0 Å². The first-order valence-electron chi connectivity index (χ1n) is 5.94. The molecular weight excluding hydrogens is 176 g/mol. The molecule has 0 aromatic carbocycles. The zero-order chi connectivity index (χ0) is 9.43. The van der Waals surface area contributed by atoms with E-state index in [2.05, 4.69) is 6.42 Å². The van der Waals surface area contributed by atoms with Crippen molar-refractivity contribution in [2.24, 2.45) is 5.41 Å². The van der Waals surface area contributed by atoms with Crippen LogP contribution in [0.2, 0.25) is 0 Å². The molecule has 2 nitrogen and oxygen atoms in total. The molecule has 1 aliphatic carbocycles. The van der Waals surface area contributed by atoms with Crippen LogP contribution in [0.5, 0.6) is 0 Å². The molecule has 2 saturated heterocycles. The number of hydrogen-bond donors (Lipinski definition) is 0. The molecule has 14 heavy (non-hydrogen) atoms. The van der Waals surface area contributed by atoms with Gasteiger partial charge in [0.05, 0.1) is 25.4 Å². The first-order valence-corrected chi connectivity index (χ1v) is 5.94. The SMILES string of the molecule is [CH]1CCCCC1(CC1CO1)CC1CO1. The summed E-state index contributed by atoms with van der Waals surface area (Å²) >= 11 is 0. The van der Waals surface area contributed by atoms with Crippen molar-refractivity contribution in [2.75, 3.05) is 13.2 Å². The maximum Gasteiger partial charge on any atom is 0.0815 e. The minimum Gasteiger partial charge on any atom is -0.373 e. The first-order chi connectivity index (χ1) is 6.86. The Labute approximate surface area is 86.0 Å². The Morgan fingerprint density at radius 3 is 2.14 bits per heavy atom. The van der Waals surface area contributed by atoms with Crippen LogP contribution in [0.3, 0.4) is 0 Å². The zero-order valence-corrected chi connectivity index (χ0v) is 8.71. The van der Waals surface area contributed by atoms with Gasteiger partial charge in [0, 0.05) is 0 Å². The van der Waals surface area contributed by atoms with Crippen LogP contribution in [0, 0.1) is 11.8 Å². The average Bonchev–Trinajstić information content (AvgIpc) is 3.03. The summed E-state index contributed by atoms with van der Waals surface area (Å²) in [4.78, 5) is 0. The minimum absolute atomic E-state index is 0.473. The fraction of sp³-hybridized carbons (Fsp3) is 0.917. The summed E-state index contributed by atoms with van der Waals surface area (Å²) in [5.41, 5.74) is 0.473. The van der Waals surface area contributed by atoms with Gasteiger partial charge in [-0.1, -0.05) is 12.8 Å². The third kappa shape index (κ3) is 2.12. The minimum atomic E-state index is 0.473. The van der Waals surface area contributed by atoms with E-state index >= 15 is 0 Å². The van der Waals surface area contributed by atoms with Crippen LogP contribution in [0.15, 0.2) is 0 Å². The lowest BCUT2D eigenvalue weighted by atomic mass is 9.68. The second-order valence-corrected chi connectivity index (χ2v) is 5.13. The van der Waals surface area contributed by atoms with Crippen LogP contribution < -0.4 is 0 Å². The van der Waals surface area contributed by atoms with E-state index in [-0.39, 0.29) is 0 Å². The summed E-state index contributed by atoms with van der Waals surface area (Å²) < 4.78 is 10.8. The highest BCUT2D eigenvalue weighted by atomic mass is 16.6. The van der Waals surface area contributed by atoms with E-state index in [0.29, 0.717) is 17.6 Å². The zero-order valence-electron chi connectivity index (χ0n) is 8.71. The Morgan fingerprint density at radius 1 is 1.07 bits per heavy atom. The topological polar surface area (TPSA) is 25.1 Å². The van der Waals surface area contributed by atoms with Gasteiger partial charge in [0.15, 0.2) is 0 Å². The van der Waals surface area contributed by atoms with Crippen LogP contribution in [0.4, 0.5) is 0 Å². The molecule has 3 rings (SSSR count). The normalized spacial score (nSPS) is 39.4. The van der Waals surface area contributed by atoms with Gasteiger partial charge in [-0.2, -0.15) is 0 Å². The molecule has 0 N–H and O–H groups in total. The van der Waals surface area contributed by atoms with Crippen LogP contribution >= 0.6 is 0 Å². The van der Waals surface area contributed by atoms with Gasteiger partial charge in [0.25, 0.3) is 0 Å². The quantitative estimate of drug-likeness (QED) is 0.643. The van der Waals surface area contributed by atoms with Crippen LogP contribution in [0.1, 0.15) is 38.5 Å². The predicted octanol–water partition coefficient (Wildman–Crippen LogP) is 2.33. The van der Waals surface area contributed by atoms with Gasteiger partial charge in [0.2, 0.25) is 0 Å². The molecule has 2 heterocycles. The van der Waals surface area contributed by atoms with Gasteiger partial charge in [-0.05, 0) is 37.5 Å². The van der Waals surface area contributed by atoms with Crippen molar-refractivity contribution in [1.82, 2.24) is 0 Å². The van der Waals surface area contributed by atoms with Crippen molar-refractivity contribution in [3.8, 4) is 0 Å². The van der Waals surface area contributed by atoms with E-state index in [1.807, 2.05) is 0 Å². The Morgan fingerprint density at radius 2 is 1.71 bits per heavy atom. The summed E-state index contributed by atoms with van der Waals surface area (Å²) in [6.45, 7) is 2.00. The summed E-state index contributed by atoms with van der Waals surface area (Å²) in [6, 6.07) is 0. The molecule has 0 bridgehead atoms. The van der Waals surface area contributed by atoms with Gasteiger partial charge >= 0.3 is 0 Å². The summed E-state index contributed by atoms with van der Waals surface area (Å²) in [7, 11) is 0. The Balaban J connectivity index is 1.62. The van der Waals surface area contributed by atoms with Crippen molar-refractivity contribution < 1.29 is 9.47 Å². The largest absolute Gasteiger partial charge is 0.373 e. The lowest BCUT2D eigenvalue weighted by Crippen LogP contribution is -2.28. The lowest BCUT2D eigenvalue weighted by molar-refractivity contribution is 0.181. The molecule has 3 aliphatic rings. The molecule has 2 heteroatoms. The van der Waals surface area contributed by atoms with Gasteiger partial charge in [0.1, 0.15) is 0 Å². The van der Waals surface area contributed by atoms with E-state index in [0.717, 1.165) is 13.2 Å². The number of rotatable bonds is 4. The Hall–Kier alpha value is -0.0800. The van der Waals surface area contributed by atoms with E-state index in [1.54, 1.807) is 0 Å². The highest BCUT2D eigenvalue weighted by Gasteiger charge is 2.42. The maximum atomic E-state index is 5.38. The summed E-state index contributed by atoms with van der Waals surface area (Å²) in [5, 5.41) is 0. The summed E-state index contributed by atoms with van der Waals surface area (Å²) in [5.74, 6) is 0. The number of hydrogen-bond acceptors (Lipinski definition) is 2. The molecule has 1 saturated carbocycles. The molecule has 1 radical (unpaired) electrons. The van der Waals surface area contributed by atoms with Crippen LogP contribution in [0.25, 0.3) is 0 Å². The van der Waals surface area contributed by atoms with Gasteiger partial charge in [-0.15, -0.1) is 0 Å². The highest BCUT2D eigenvalue weighted by Crippen LogP contribution is 2.47. The lowest BCUT2D eigenvalue weighted by Gasteiger charge is -2.36. The van der Waals surface area contributed by atoms with Crippen molar-refractivity contribution in [3.63, 3.8) is 0 Å². The predicted molar refractivity (Wildman–Crippen MR) is 53.9 cm³/mol. The molecule has 0 amide bonds. The Bertz CT molecular complexity index is 184. The average molecular weight is 195 g/mol. The molecular formula is C12H19O2. The van der Waals surface area contributed by atoms with E-state index in [9.17, 15) is 0 Å². The molecule has 2 atom stereocenters. The molecule has 0 aromatic rings. The van der Waals surface area contributed by atoms with Crippen LogP contribution in [-0.2, 0) is 9.47 Å². The molecule has 3 fully saturated rings. The molecule has 79 valence electrons. The van der Waals surface area contributed by atoms with Crippen LogP contribution in [-0.4, -0.2) is 25.4 Å². The molecule has 0 aromatic heterocycles. The fourth-order valence-corrected chi connectivity index (χ4v) is 2.86. The second-order valence-electron chi connectivity index (χ2n) is 5.13. The molecule has 0 spiro atoms. The van der Waals surface area contributed by atoms with E-state index in [1.165, 1.54) is 38.5 Å². The molecule has 2 unspecified atom stereocenters. The maximum absolute atomic E-state index is 5.38. The number of epoxide rings is 2. The Kier molecular flexibility index (Phi) is 2.29. The van der Waals surface area contributed by atoms with Gasteiger partial charge in [-0.3, -0.25) is 0 Å². The van der Waals surface area contributed by atoms with Gasteiger partial charge < -0.3 is 9.47 Å². The summed E-state index contributed by atoms with van der Waals surface area (Å²) in [6.07, 6.45) is 11.7. The van der Waals surface area contributed by atoms with Crippen molar-refractivity contribution in [3.05, 3.63) is 6.42 Å². The fourth-order valence-electron chi connectivity index (χ4n) is 2.86. The first kappa shape index (κ1) is 9.17. The third-order valence-corrected chi connectivity index (χ3v) is 3.78. The number of ether oxygens (including phenoxy) is 2. The smallest absolute Gasteiger partial charge is 0.0815 e. The monoisotopic (exact) mass is 195 g/mol. The van der Waals surface area contributed by atoms with Crippen molar-refractivity contribution in [2.45, 2.75) is 50.7 Å². The van der Waals surface area contributed by atoms with E-state index in [4.69, 9.17) is 9.47 Å². The van der Waals surface area contributed by atoms with Crippen molar-refractivity contribution >= 4 is 0 Å². The standard InChI is InChI=1S/C12H19O2/c1-2-4-12(5-3-1,6-10-8-13-10)7-11-9-14-11/h4,10-11H,1-3,5-9H2. The van der Waals surface area contributed by atoms with E-state index < -0.39 is 0 Å². The third-order valence-electron chi connectivity index (χ3n) is 3.78. The highest BCUT2D eigenvalue weighted by molar-refractivity contribution is 5.01. The molecule has 2 aliphatic heterocycles. The second kappa shape index (κ2) is 3.49.